The summed E-state index contributed by atoms with van der Waals surface area (Å²) in [6.45, 7) is -8.13. The highest BCUT2D eigenvalue weighted by Crippen LogP contribution is 2.60. The van der Waals surface area contributed by atoms with Gasteiger partial charge in [-0.1, -0.05) is 24.5 Å². The van der Waals surface area contributed by atoms with Crippen LogP contribution in [0.5, 0.6) is 0 Å². The molecule has 0 amide bonds. The number of hydrogen-bond donors (Lipinski definition) is 4. The van der Waals surface area contributed by atoms with Gasteiger partial charge in [0.1, 0.15) is 42.3 Å². The minimum atomic E-state index is -3.92. The van der Waals surface area contributed by atoms with Gasteiger partial charge in [-0.3, -0.25) is 18.4 Å². The molecule has 3 fully saturated rings. The maximum Gasteiger partial charge on any atom is 0.386 e. The Morgan fingerprint density at radius 2 is 1.69 bits per heavy atom. The molecule has 0 bridgehead atoms. The lowest BCUT2D eigenvalue weighted by atomic mass is 9.70. The molecule has 8 rings (SSSR count). The van der Waals surface area contributed by atoms with Crippen LogP contribution in [0.15, 0.2) is 30.1 Å². The van der Waals surface area contributed by atoms with E-state index in [-0.39, 0.29) is 66.8 Å². The van der Waals surface area contributed by atoms with Gasteiger partial charge in [0.15, 0.2) is 17.0 Å². The van der Waals surface area contributed by atoms with E-state index < -0.39 is 32.0 Å². The van der Waals surface area contributed by atoms with E-state index in [1.54, 1.807) is 15.5 Å². The third kappa shape index (κ3) is 5.19. The lowest BCUT2D eigenvalue weighted by molar-refractivity contribution is -0.0365. The molecule has 5 aromatic heterocycles. The number of H-pyrrole nitrogens is 1. The van der Waals surface area contributed by atoms with Gasteiger partial charge >= 0.3 is 13.6 Å². The van der Waals surface area contributed by atoms with Crippen molar-refractivity contribution in [3.63, 3.8) is 0 Å². The first-order valence-corrected chi connectivity index (χ1v) is 19.1. The fourth-order valence-corrected chi connectivity index (χ4v) is 8.85. The third-order valence-corrected chi connectivity index (χ3v) is 11.7. The van der Waals surface area contributed by atoms with E-state index in [2.05, 4.69) is 59.6 Å². The molecule has 23 heteroatoms. The van der Waals surface area contributed by atoms with Gasteiger partial charge in [0.25, 0.3) is 5.56 Å². The second kappa shape index (κ2) is 10.9. The second-order valence-corrected chi connectivity index (χ2v) is 16.7. The maximum absolute atomic E-state index is 13.5. The summed E-state index contributed by atoms with van der Waals surface area (Å²) in [5, 5.41) is 7.71. The molecule has 3 N–H and O–H groups in total. The zero-order valence-corrected chi connectivity index (χ0v) is 26.5. The van der Waals surface area contributed by atoms with Crippen LogP contribution in [-0.2, 0) is 32.0 Å². The number of nitrogens with zero attached hydrogens (tertiary/aromatic N) is 9. The number of nitrogens with one attached hydrogen (secondary N) is 1. The highest BCUT2D eigenvalue weighted by molar-refractivity contribution is 8.44. The second-order valence-electron chi connectivity index (χ2n) is 10.9. The van der Waals surface area contributed by atoms with Crippen LogP contribution < -0.4 is 11.3 Å². The molecular weight excluding hydrogens is 672 g/mol. The Kier molecular flexibility index (Phi) is 7.12. The fourth-order valence-electron chi connectivity index (χ4n) is 6.11. The molecule has 0 aromatic carbocycles. The van der Waals surface area contributed by atoms with Gasteiger partial charge in [0.2, 0.25) is 5.78 Å². The molecule has 0 radical (unpaired) electrons. The summed E-state index contributed by atoms with van der Waals surface area (Å²) in [5.41, 5.74) is 7.03. The Morgan fingerprint density at radius 3 is 2.56 bits per heavy atom. The smallest absolute Gasteiger partial charge is 0.382 e. The van der Waals surface area contributed by atoms with E-state index in [0.29, 0.717) is 23.2 Å². The zero-order chi connectivity index (χ0) is 31.1. The molecule has 0 spiro atoms. The molecule has 45 heavy (non-hydrogen) atoms. The van der Waals surface area contributed by atoms with Crippen molar-refractivity contribution in [2.75, 3.05) is 25.6 Å². The molecule has 238 valence electrons. The molecular formula is C22H25N11O8P2S2. The molecule has 8 atom stereocenters. The molecule has 2 saturated heterocycles. The van der Waals surface area contributed by atoms with Gasteiger partial charge in [-0.25, -0.2) is 33.5 Å². The van der Waals surface area contributed by atoms with E-state index in [1.165, 1.54) is 23.4 Å². The molecule has 2 aliphatic heterocycles. The van der Waals surface area contributed by atoms with Crippen LogP contribution in [0.2, 0.25) is 0 Å². The molecule has 19 nitrogen and oxygen atoms in total. The first kappa shape index (κ1) is 29.5. The van der Waals surface area contributed by atoms with Crippen LogP contribution in [0.4, 0.5) is 5.82 Å². The van der Waals surface area contributed by atoms with Crippen LogP contribution in [0.25, 0.3) is 28.1 Å². The van der Waals surface area contributed by atoms with E-state index in [0.717, 1.165) is 0 Å². The summed E-state index contributed by atoms with van der Waals surface area (Å²) < 4.78 is 60.7. The van der Waals surface area contributed by atoms with Crippen molar-refractivity contribution in [1.29, 1.82) is 0 Å². The Morgan fingerprint density at radius 1 is 0.911 bits per heavy atom. The van der Waals surface area contributed by atoms with E-state index in [4.69, 9.17) is 28.6 Å². The summed E-state index contributed by atoms with van der Waals surface area (Å²) in [6.07, 6.45) is 4.02. The molecule has 2 unspecified atom stereocenters. The summed E-state index contributed by atoms with van der Waals surface area (Å²) in [7, 11) is 0. The van der Waals surface area contributed by atoms with Gasteiger partial charge in [-0.15, -0.1) is 10.2 Å². The predicted octanol–water partition coefficient (Wildman–Crippen LogP) is 2.18. The largest absolute Gasteiger partial charge is 0.386 e. The number of nitrogens with two attached hydrogens (primary N) is 1. The normalized spacial score (nSPS) is 34.5. The quantitative estimate of drug-likeness (QED) is 0.153. The minimum Gasteiger partial charge on any atom is -0.382 e. The molecule has 1 saturated carbocycles. The number of rotatable bonds is 2. The molecule has 1 aliphatic carbocycles. The summed E-state index contributed by atoms with van der Waals surface area (Å²) >= 11 is 8.45. The number of nitrogen functional groups attached to an aromatic ring is 1. The predicted molar refractivity (Wildman–Crippen MR) is 162 cm³/mol. The van der Waals surface area contributed by atoms with Crippen LogP contribution >= 0.6 is 38.1 Å². The van der Waals surface area contributed by atoms with E-state index in [1.807, 2.05) is 0 Å². The minimum absolute atomic E-state index is 0.00460. The number of ether oxygens (including phenoxy) is 1. The monoisotopic (exact) mass is 697 g/mol. The Hall–Kier alpha value is -2.87. The summed E-state index contributed by atoms with van der Waals surface area (Å²) in [5.74, 6) is -0.0593. The lowest BCUT2D eigenvalue weighted by Crippen LogP contribution is -2.43. The summed E-state index contributed by atoms with van der Waals surface area (Å²) in [4.78, 5) is 32.7. The number of aromatic nitrogens is 10. The standard InChI is InChI=1S/C22H25N11O8P2S2/c23-18-16-19(25-6-24-18)32(8-26-16)15-2-13-14(40-15)5-39-42(35,44)38-4-11-10(3-37-43(36,45)41-13)1-12(11)31-7-27-17-20(31)29-22-30-28-9-33(22)21(17)34/h6-15H,1-5H2,(H,29,30)(H,35,44)(H,36,45)(H2,23,24,25)/t10-,11-,12-,13+,14-,15-,42?,43?/m1/s1. The van der Waals surface area contributed by atoms with Gasteiger partial charge < -0.3 is 29.1 Å². The van der Waals surface area contributed by atoms with E-state index in [9.17, 15) is 13.9 Å². The number of fused-ring (bicyclic) bond motifs is 5. The van der Waals surface area contributed by atoms with Crippen molar-refractivity contribution in [3.05, 3.63) is 35.7 Å². The SMILES string of the molecule is Nc1ncnc2c1ncn2[C@H]1C[C@@H]2OP(=O)(S)OC[C@H]3C[C@@H](n4cnc5c(=O)n6cnnc6[nH]c54)[C@@H]3COP(=O)(S)OC[C@H]2O1. The number of imidazole rings is 2. The van der Waals surface area contributed by atoms with Crippen molar-refractivity contribution in [1.82, 2.24) is 48.7 Å². The van der Waals surface area contributed by atoms with Crippen LogP contribution in [-0.4, -0.2) is 80.7 Å². The highest BCUT2D eigenvalue weighted by atomic mass is 32.7. The fraction of sp³-hybridized carbons (Fsp3) is 0.500. The van der Waals surface area contributed by atoms with Crippen LogP contribution in [0, 0.1) is 11.8 Å². The van der Waals surface area contributed by atoms with Crippen molar-refractivity contribution >= 4 is 72.0 Å². The Balaban J connectivity index is 1.04. The van der Waals surface area contributed by atoms with Crippen LogP contribution in [0.1, 0.15) is 25.1 Å². The van der Waals surface area contributed by atoms with Gasteiger partial charge in [-0.05, 0) is 12.3 Å². The van der Waals surface area contributed by atoms with Gasteiger partial charge in [0, 0.05) is 18.4 Å². The molecule has 3 aliphatic rings. The maximum atomic E-state index is 13.5. The van der Waals surface area contributed by atoms with Crippen molar-refractivity contribution in [2.24, 2.45) is 11.8 Å². The average molecular weight is 698 g/mol. The van der Waals surface area contributed by atoms with Crippen LogP contribution in [0.3, 0.4) is 0 Å². The first-order chi connectivity index (χ1) is 21.6. The van der Waals surface area contributed by atoms with Gasteiger partial charge in [-0.2, -0.15) is 0 Å². The highest BCUT2D eigenvalue weighted by Gasteiger charge is 2.47. The van der Waals surface area contributed by atoms with Gasteiger partial charge in [0.05, 0.1) is 32.5 Å². The lowest BCUT2D eigenvalue weighted by Gasteiger charge is -2.45. The zero-order valence-electron chi connectivity index (χ0n) is 23.0. The molecule has 7 heterocycles. The number of anilines is 1. The van der Waals surface area contributed by atoms with Crippen molar-refractivity contribution in [2.45, 2.75) is 37.3 Å². The summed E-state index contributed by atoms with van der Waals surface area (Å²) in [6, 6.07) is -0.255. The number of thiol groups is 2. The van der Waals surface area contributed by atoms with Crippen molar-refractivity contribution in [3.8, 4) is 0 Å². The van der Waals surface area contributed by atoms with E-state index >= 15 is 0 Å². The van der Waals surface area contributed by atoms with Crippen molar-refractivity contribution < 1.29 is 32.0 Å². The Labute approximate surface area is 262 Å². The average Bonchev–Trinajstić information content (AvgIpc) is 3.77. The number of hydrogen-bond acceptors (Lipinski definition) is 15. The third-order valence-electron chi connectivity index (χ3n) is 8.42. The first-order valence-electron chi connectivity index (χ1n) is 13.7. The Bertz CT molecular complexity index is 2100. The molecule has 5 aromatic rings. The topological polar surface area (TPSA) is 231 Å². The number of aromatic amines is 1.